The molecular formula is C22H38F3NO3S. The van der Waals surface area contributed by atoms with Crippen LogP contribution in [0.15, 0.2) is 30.3 Å². The van der Waals surface area contributed by atoms with Gasteiger partial charge in [-0.3, -0.25) is 4.55 Å². The Bertz CT molecular complexity index is 656. The minimum atomic E-state index is -5.84. The van der Waals surface area contributed by atoms with Crippen LogP contribution in [0.1, 0.15) is 84.1 Å². The number of nitrogens with two attached hydrogens (primary N) is 1. The van der Waals surface area contributed by atoms with Gasteiger partial charge in [0.1, 0.15) is 0 Å². The Morgan fingerprint density at radius 1 is 0.933 bits per heavy atom. The van der Waals surface area contributed by atoms with Crippen molar-refractivity contribution >= 4 is 10.1 Å². The van der Waals surface area contributed by atoms with E-state index in [9.17, 15) is 13.2 Å². The summed E-state index contributed by atoms with van der Waals surface area (Å²) < 4.78 is 57.5. The third kappa shape index (κ3) is 14.0. The Kier molecular flexibility index (Phi) is 13.5. The Morgan fingerprint density at radius 2 is 1.37 bits per heavy atom. The first-order chi connectivity index (χ1) is 13.8. The molecule has 1 rings (SSSR count). The number of rotatable bonds is 12. The first-order valence-electron chi connectivity index (χ1n) is 10.7. The number of hydrogen-bond acceptors (Lipinski definition) is 3. The lowest BCUT2D eigenvalue weighted by molar-refractivity contribution is -0.0510. The molecule has 0 fully saturated rings. The van der Waals surface area contributed by atoms with E-state index in [1.807, 2.05) is 0 Å². The zero-order valence-electron chi connectivity index (χ0n) is 18.4. The molecule has 0 amide bonds. The quantitative estimate of drug-likeness (QED) is 0.215. The summed E-state index contributed by atoms with van der Waals surface area (Å²) in [6.45, 7) is 6.65. The highest BCUT2D eigenvalue weighted by molar-refractivity contribution is 7.86. The first-order valence-corrected chi connectivity index (χ1v) is 12.1. The van der Waals surface area contributed by atoms with Gasteiger partial charge in [-0.1, -0.05) is 88.6 Å². The Morgan fingerprint density at radius 3 is 1.77 bits per heavy atom. The predicted molar refractivity (Wildman–Crippen MR) is 117 cm³/mol. The number of benzene rings is 1. The van der Waals surface area contributed by atoms with E-state index in [4.69, 9.17) is 18.7 Å². The van der Waals surface area contributed by atoms with Crippen LogP contribution in [-0.4, -0.2) is 24.0 Å². The van der Waals surface area contributed by atoms with E-state index in [-0.39, 0.29) is 5.54 Å². The van der Waals surface area contributed by atoms with Crippen LogP contribution in [-0.2, 0) is 16.5 Å². The van der Waals surface area contributed by atoms with Gasteiger partial charge in [0, 0.05) is 5.54 Å². The van der Waals surface area contributed by atoms with Crippen molar-refractivity contribution in [2.75, 3.05) is 0 Å². The third-order valence-electron chi connectivity index (χ3n) is 5.08. The summed E-state index contributed by atoms with van der Waals surface area (Å²) in [6, 6.07) is 10.8. The fourth-order valence-electron chi connectivity index (χ4n) is 3.16. The SMILES string of the molecule is CCCCCCCCCCC(Cc1ccccc1)C(C)(C)N.O=S(=O)(O)C(F)(F)F. The van der Waals surface area contributed by atoms with Gasteiger partial charge in [0.05, 0.1) is 0 Å². The standard InChI is InChI=1S/C21H37N.CHF3O3S/c1-4-5-6-7-8-9-10-14-17-20(21(2,3)22)18-19-15-12-11-13-16-19;2-1(3,4)8(5,6)7/h11-13,15-16,20H,4-10,14,17-18,22H2,1-3H3;(H,5,6,7). The van der Waals surface area contributed by atoms with E-state index in [0.29, 0.717) is 5.92 Å². The molecule has 1 aromatic rings. The topological polar surface area (TPSA) is 80.4 Å². The highest BCUT2D eigenvalue weighted by Crippen LogP contribution is 2.25. The summed E-state index contributed by atoms with van der Waals surface area (Å²) >= 11 is 0. The fourth-order valence-corrected chi connectivity index (χ4v) is 3.16. The molecule has 0 saturated heterocycles. The largest absolute Gasteiger partial charge is 0.522 e. The minimum absolute atomic E-state index is 0.0863. The molecule has 0 heterocycles. The maximum absolute atomic E-state index is 10.7. The summed E-state index contributed by atoms with van der Waals surface area (Å²) in [5.41, 5.74) is 2.22. The van der Waals surface area contributed by atoms with E-state index in [0.717, 1.165) is 6.42 Å². The van der Waals surface area contributed by atoms with Crippen molar-refractivity contribution < 1.29 is 26.1 Å². The van der Waals surface area contributed by atoms with Gasteiger partial charge in [-0.2, -0.15) is 21.6 Å². The maximum Gasteiger partial charge on any atom is 0.522 e. The second-order valence-electron chi connectivity index (χ2n) is 8.39. The van der Waals surface area contributed by atoms with Gasteiger partial charge in [0.15, 0.2) is 0 Å². The molecule has 1 unspecified atom stereocenters. The van der Waals surface area contributed by atoms with Crippen LogP contribution in [0.5, 0.6) is 0 Å². The van der Waals surface area contributed by atoms with Gasteiger partial charge in [-0.05, 0) is 38.2 Å². The second-order valence-corrected chi connectivity index (χ2v) is 9.81. The Hall–Kier alpha value is -1.12. The van der Waals surface area contributed by atoms with Crippen molar-refractivity contribution in [3.05, 3.63) is 35.9 Å². The van der Waals surface area contributed by atoms with Gasteiger partial charge >= 0.3 is 15.6 Å². The summed E-state index contributed by atoms with van der Waals surface area (Å²) in [4.78, 5) is 0. The highest BCUT2D eigenvalue weighted by Gasteiger charge is 2.44. The van der Waals surface area contributed by atoms with Gasteiger partial charge in [-0.15, -0.1) is 0 Å². The Balaban J connectivity index is 0.000000890. The Labute approximate surface area is 180 Å². The van der Waals surface area contributed by atoms with Gasteiger partial charge in [0.2, 0.25) is 0 Å². The summed E-state index contributed by atoms with van der Waals surface area (Å²) in [6.07, 6.45) is 13.5. The molecule has 1 aromatic carbocycles. The number of hydrogen-bond donors (Lipinski definition) is 2. The van der Waals surface area contributed by atoms with E-state index in [1.54, 1.807) is 0 Å². The van der Waals surface area contributed by atoms with Crippen molar-refractivity contribution in [1.29, 1.82) is 0 Å². The van der Waals surface area contributed by atoms with Gasteiger partial charge < -0.3 is 5.73 Å². The van der Waals surface area contributed by atoms with Crippen molar-refractivity contribution in [2.45, 2.75) is 96.0 Å². The zero-order valence-corrected chi connectivity index (χ0v) is 19.2. The average Bonchev–Trinajstić information content (AvgIpc) is 2.62. The molecule has 0 aromatic heterocycles. The summed E-state index contributed by atoms with van der Waals surface area (Å²) in [5, 5.41) is 0. The van der Waals surface area contributed by atoms with Gasteiger partial charge in [-0.25, -0.2) is 0 Å². The van der Waals surface area contributed by atoms with E-state index < -0.39 is 15.6 Å². The maximum atomic E-state index is 10.7. The molecule has 0 spiro atoms. The number of halogens is 3. The summed E-state index contributed by atoms with van der Waals surface area (Å²) in [5.74, 6) is 0.579. The van der Waals surface area contributed by atoms with Crippen molar-refractivity contribution in [3.8, 4) is 0 Å². The van der Waals surface area contributed by atoms with Crippen LogP contribution in [0.2, 0.25) is 0 Å². The molecule has 8 heteroatoms. The van der Waals surface area contributed by atoms with Crippen LogP contribution in [0.25, 0.3) is 0 Å². The van der Waals surface area contributed by atoms with E-state index >= 15 is 0 Å². The summed E-state index contributed by atoms with van der Waals surface area (Å²) in [7, 11) is -5.84. The zero-order chi connectivity index (χ0) is 23.3. The molecule has 3 N–H and O–H groups in total. The molecule has 1 atom stereocenters. The van der Waals surface area contributed by atoms with E-state index in [2.05, 4.69) is 51.1 Å². The average molecular weight is 454 g/mol. The normalized spacial score (nSPS) is 13.5. The molecule has 0 aliphatic rings. The lowest BCUT2D eigenvalue weighted by Crippen LogP contribution is -2.42. The minimum Gasteiger partial charge on any atom is -0.325 e. The smallest absolute Gasteiger partial charge is 0.325 e. The van der Waals surface area contributed by atoms with Crippen LogP contribution < -0.4 is 5.73 Å². The molecule has 0 aliphatic carbocycles. The highest BCUT2D eigenvalue weighted by atomic mass is 32.2. The fraction of sp³-hybridized carbons (Fsp3) is 0.727. The lowest BCUT2D eigenvalue weighted by Gasteiger charge is -2.31. The monoisotopic (exact) mass is 453 g/mol. The molecule has 0 bridgehead atoms. The van der Waals surface area contributed by atoms with Crippen LogP contribution in [0.3, 0.4) is 0 Å². The number of alkyl halides is 3. The van der Waals surface area contributed by atoms with Crippen LogP contribution in [0, 0.1) is 5.92 Å². The molecular weight excluding hydrogens is 415 g/mol. The van der Waals surface area contributed by atoms with Crippen molar-refractivity contribution in [1.82, 2.24) is 0 Å². The molecule has 0 aliphatic heterocycles. The van der Waals surface area contributed by atoms with E-state index in [1.165, 1.54) is 63.4 Å². The first kappa shape index (κ1) is 28.9. The molecule has 176 valence electrons. The molecule has 30 heavy (non-hydrogen) atoms. The molecule has 0 saturated carbocycles. The third-order valence-corrected chi connectivity index (χ3v) is 5.66. The van der Waals surface area contributed by atoms with Crippen LogP contribution in [0.4, 0.5) is 13.2 Å². The second kappa shape index (κ2) is 14.0. The molecule has 0 radical (unpaired) electrons. The van der Waals surface area contributed by atoms with Crippen LogP contribution >= 0.6 is 0 Å². The molecule has 4 nitrogen and oxygen atoms in total. The van der Waals surface area contributed by atoms with Gasteiger partial charge in [0.25, 0.3) is 0 Å². The van der Waals surface area contributed by atoms with Crippen molar-refractivity contribution in [2.24, 2.45) is 11.7 Å². The van der Waals surface area contributed by atoms with Crippen molar-refractivity contribution in [3.63, 3.8) is 0 Å². The predicted octanol–water partition coefficient (Wildman–Crippen LogP) is 6.51. The lowest BCUT2D eigenvalue weighted by atomic mass is 9.80. The number of unbranched alkanes of at least 4 members (excludes halogenated alkanes) is 7.